The topological polar surface area (TPSA) is 113 Å². The first-order valence-corrected chi connectivity index (χ1v) is 13.8. The Hall–Kier alpha value is -3.83. The van der Waals surface area contributed by atoms with E-state index in [0.717, 1.165) is 17.9 Å². The molecule has 2 aliphatic heterocycles. The lowest BCUT2D eigenvalue weighted by molar-refractivity contribution is -0.139. The fourth-order valence-corrected chi connectivity index (χ4v) is 5.62. The normalized spacial score (nSPS) is 20.4. The van der Waals surface area contributed by atoms with Gasteiger partial charge in [0, 0.05) is 53.8 Å². The van der Waals surface area contributed by atoms with Crippen LogP contribution < -0.4 is 16.0 Å². The van der Waals surface area contributed by atoms with Gasteiger partial charge >= 0.3 is 0 Å². The summed E-state index contributed by atoms with van der Waals surface area (Å²) in [7, 11) is 0. The van der Waals surface area contributed by atoms with Crippen molar-refractivity contribution in [3.05, 3.63) is 70.1 Å². The van der Waals surface area contributed by atoms with Crippen molar-refractivity contribution in [1.82, 2.24) is 25.4 Å². The molecule has 3 heterocycles. The molecule has 3 atom stereocenters. The number of ketones is 1. The predicted octanol–water partition coefficient (Wildman–Crippen LogP) is 2.98. The highest BCUT2D eigenvalue weighted by Crippen LogP contribution is 2.26. The van der Waals surface area contributed by atoms with Crippen molar-refractivity contribution < 1.29 is 28.0 Å². The summed E-state index contributed by atoms with van der Waals surface area (Å²) >= 11 is 5.81. The third kappa shape index (κ3) is 6.11. The number of alkyl halides is 1. The Labute approximate surface area is 240 Å². The van der Waals surface area contributed by atoms with E-state index in [0.29, 0.717) is 28.6 Å². The molecule has 3 aromatic rings. The molecule has 2 saturated heterocycles. The fourth-order valence-electron chi connectivity index (χ4n) is 5.42. The Morgan fingerprint density at radius 2 is 1.98 bits per heavy atom. The van der Waals surface area contributed by atoms with Gasteiger partial charge in [-0.05, 0) is 38.1 Å². The Kier molecular flexibility index (Phi) is 8.37. The van der Waals surface area contributed by atoms with Crippen LogP contribution in [0.3, 0.4) is 0 Å². The van der Waals surface area contributed by atoms with Crippen molar-refractivity contribution >= 4 is 46.0 Å². The average molecular weight is 586 g/mol. The number of nitrogens with zero attached hydrogens (tertiary/aromatic N) is 2. The molecule has 0 spiro atoms. The van der Waals surface area contributed by atoms with Crippen LogP contribution in [-0.2, 0) is 22.7 Å². The molecule has 41 heavy (non-hydrogen) atoms. The summed E-state index contributed by atoms with van der Waals surface area (Å²) in [6.45, 7) is 2.19. The molecule has 3 amide bonds. The van der Waals surface area contributed by atoms with Gasteiger partial charge in [0.2, 0.25) is 11.8 Å². The Morgan fingerprint density at radius 3 is 2.71 bits per heavy atom. The van der Waals surface area contributed by atoms with E-state index in [1.54, 1.807) is 28.8 Å². The maximum atomic E-state index is 14.5. The molecule has 3 unspecified atom stereocenters. The Balaban J connectivity index is 1.34. The number of aromatic nitrogens is 1. The van der Waals surface area contributed by atoms with Gasteiger partial charge in [0.1, 0.15) is 24.6 Å². The minimum absolute atomic E-state index is 0.0154. The highest BCUT2D eigenvalue weighted by Gasteiger charge is 2.40. The van der Waals surface area contributed by atoms with Crippen molar-refractivity contribution in [1.29, 1.82) is 0 Å². The maximum absolute atomic E-state index is 14.5. The molecule has 0 aliphatic carbocycles. The molecule has 216 valence electrons. The first-order chi connectivity index (χ1) is 19.6. The van der Waals surface area contributed by atoms with E-state index in [4.69, 9.17) is 11.6 Å². The highest BCUT2D eigenvalue weighted by atomic mass is 35.5. The third-order valence-corrected chi connectivity index (χ3v) is 7.87. The standard InChI is InChI=1S/C29H30ClF2N5O4/c1-16(38)22-14-36(24-9-17(5-6-21(22)24)28(40)35-20-7-8-33-12-20)15-26(39)37-13-19(31)10-25(37)29(41)34-11-18-3-2-4-23(30)27(18)32/h2-6,9,14,19-20,25,33H,7-8,10-13,15H2,1H3,(H,34,41)(H,35,40). The van der Waals surface area contributed by atoms with Crippen molar-refractivity contribution in [2.45, 2.75) is 51.1 Å². The number of Topliss-reactive ketones (excluding diaryl/α,β-unsaturated/α-hetero) is 1. The largest absolute Gasteiger partial charge is 0.350 e. The van der Waals surface area contributed by atoms with Crippen LogP contribution in [0.2, 0.25) is 5.02 Å². The van der Waals surface area contributed by atoms with Crippen LogP contribution in [-0.4, -0.2) is 70.9 Å². The van der Waals surface area contributed by atoms with Crippen molar-refractivity contribution in [2.75, 3.05) is 19.6 Å². The molecule has 0 bridgehead atoms. The fraction of sp³-hybridized carbons (Fsp3) is 0.379. The molecule has 0 saturated carbocycles. The van der Waals surface area contributed by atoms with Gasteiger partial charge in [0.25, 0.3) is 5.91 Å². The number of benzene rings is 2. The van der Waals surface area contributed by atoms with Crippen molar-refractivity contribution in [2.24, 2.45) is 0 Å². The number of hydrogen-bond donors (Lipinski definition) is 3. The summed E-state index contributed by atoms with van der Waals surface area (Å²) in [5.74, 6) is -2.29. The number of carbonyl (C=O) groups is 4. The lowest BCUT2D eigenvalue weighted by Gasteiger charge is -2.24. The molecule has 12 heteroatoms. The van der Waals surface area contributed by atoms with Gasteiger partial charge in [-0.3, -0.25) is 19.2 Å². The van der Waals surface area contributed by atoms with Crippen LogP contribution in [0.25, 0.3) is 10.9 Å². The second-order valence-electron chi connectivity index (χ2n) is 10.4. The molecule has 2 aromatic carbocycles. The zero-order valence-electron chi connectivity index (χ0n) is 22.4. The predicted molar refractivity (Wildman–Crippen MR) is 149 cm³/mol. The van der Waals surface area contributed by atoms with Crippen LogP contribution in [0.5, 0.6) is 0 Å². The molecule has 3 N–H and O–H groups in total. The first-order valence-electron chi connectivity index (χ1n) is 13.4. The van der Waals surface area contributed by atoms with Crippen molar-refractivity contribution in [3.8, 4) is 0 Å². The zero-order chi connectivity index (χ0) is 29.3. The van der Waals surface area contributed by atoms with E-state index in [1.165, 1.54) is 25.3 Å². The summed E-state index contributed by atoms with van der Waals surface area (Å²) in [6, 6.07) is 8.27. The Morgan fingerprint density at radius 1 is 1.17 bits per heavy atom. The van der Waals surface area contributed by atoms with E-state index in [9.17, 15) is 28.0 Å². The van der Waals surface area contributed by atoms with E-state index in [-0.39, 0.29) is 54.4 Å². The van der Waals surface area contributed by atoms with Gasteiger partial charge < -0.3 is 25.4 Å². The van der Waals surface area contributed by atoms with E-state index >= 15 is 0 Å². The van der Waals surface area contributed by atoms with Crippen LogP contribution in [0.4, 0.5) is 8.78 Å². The van der Waals surface area contributed by atoms with Gasteiger partial charge in [-0.25, -0.2) is 8.78 Å². The zero-order valence-corrected chi connectivity index (χ0v) is 23.1. The summed E-state index contributed by atoms with van der Waals surface area (Å²) in [6.07, 6.45) is 0.753. The van der Waals surface area contributed by atoms with Gasteiger partial charge in [-0.1, -0.05) is 29.8 Å². The van der Waals surface area contributed by atoms with Gasteiger partial charge in [0.15, 0.2) is 5.78 Å². The van der Waals surface area contributed by atoms with Crippen LogP contribution >= 0.6 is 11.6 Å². The Bertz CT molecular complexity index is 1520. The molecule has 5 rings (SSSR count). The smallest absolute Gasteiger partial charge is 0.251 e. The highest BCUT2D eigenvalue weighted by molar-refractivity contribution is 6.30. The number of amides is 3. The number of fused-ring (bicyclic) bond motifs is 1. The third-order valence-electron chi connectivity index (χ3n) is 7.58. The molecular formula is C29H30ClF2N5O4. The summed E-state index contributed by atoms with van der Waals surface area (Å²) < 4.78 is 30.3. The lowest BCUT2D eigenvalue weighted by Crippen LogP contribution is -2.46. The summed E-state index contributed by atoms with van der Waals surface area (Å²) in [5.41, 5.74) is 1.41. The van der Waals surface area contributed by atoms with E-state index < -0.39 is 29.8 Å². The number of carbonyl (C=O) groups excluding carboxylic acids is 4. The number of hydrogen-bond acceptors (Lipinski definition) is 5. The van der Waals surface area contributed by atoms with Crippen LogP contribution in [0.1, 0.15) is 46.0 Å². The summed E-state index contributed by atoms with van der Waals surface area (Å²) in [4.78, 5) is 52.8. The van der Waals surface area contributed by atoms with E-state index in [1.807, 2.05) is 0 Å². The minimum atomic E-state index is -1.41. The number of halogens is 3. The summed E-state index contributed by atoms with van der Waals surface area (Å²) in [5, 5.41) is 9.24. The SMILES string of the molecule is CC(=O)c1cn(CC(=O)N2CC(F)CC2C(=O)NCc2cccc(Cl)c2F)c2cc(C(=O)NC3CCNC3)ccc12. The molecular weight excluding hydrogens is 556 g/mol. The quantitative estimate of drug-likeness (QED) is 0.352. The van der Waals surface area contributed by atoms with E-state index in [2.05, 4.69) is 16.0 Å². The van der Waals surface area contributed by atoms with Gasteiger partial charge in [-0.2, -0.15) is 0 Å². The van der Waals surface area contributed by atoms with Crippen molar-refractivity contribution in [3.63, 3.8) is 0 Å². The minimum Gasteiger partial charge on any atom is -0.350 e. The monoisotopic (exact) mass is 585 g/mol. The molecule has 9 nitrogen and oxygen atoms in total. The second kappa shape index (κ2) is 12.0. The lowest BCUT2D eigenvalue weighted by atomic mass is 10.1. The molecule has 1 aromatic heterocycles. The van der Waals surface area contributed by atoms with Gasteiger partial charge in [-0.15, -0.1) is 0 Å². The number of nitrogens with one attached hydrogen (secondary N) is 3. The first kappa shape index (κ1) is 28.7. The average Bonchev–Trinajstić information content (AvgIpc) is 3.68. The molecule has 2 fully saturated rings. The number of rotatable bonds is 8. The van der Waals surface area contributed by atoms with Crippen LogP contribution in [0.15, 0.2) is 42.6 Å². The molecule has 2 aliphatic rings. The van der Waals surface area contributed by atoms with Crippen LogP contribution in [0, 0.1) is 5.82 Å². The number of likely N-dealkylation sites (tertiary alicyclic amines) is 1. The molecule has 0 radical (unpaired) electrons. The maximum Gasteiger partial charge on any atom is 0.251 e. The second-order valence-corrected chi connectivity index (χ2v) is 10.9. The van der Waals surface area contributed by atoms with Gasteiger partial charge in [0.05, 0.1) is 17.1 Å².